The third-order valence-corrected chi connectivity index (χ3v) is 7.26. The van der Waals surface area contributed by atoms with Crippen LogP contribution >= 0.6 is 23.2 Å². The van der Waals surface area contributed by atoms with Gasteiger partial charge in [-0.1, -0.05) is 23.2 Å². The average Bonchev–Trinajstić information content (AvgIpc) is 3.38. The first-order chi connectivity index (χ1) is 17.6. The number of anilines is 1. The summed E-state index contributed by atoms with van der Waals surface area (Å²) in [5.41, 5.74) is -1.61. The number of hydrogen-bond donors (Lipinski definition) is 0. The van der Waals surface area contributed by atoms with Gasteiger partial charge in [0, 0.05) is 48.2 Å². The summed E-state index contributed by atoms with van der Waals surface area (Å²) < 4.78 is 69.6. The fourth-order valence-corrected chi connectivity index (χ4v) is 5.37. The van der Waals surface area contributed by atoms with E-state index in [-0.39, 0.29) is 53.0 Å². The van der Waals surface area contributed by atoms with Crippen LogP contribution in [0.2, 0.25) is 10.0 Å². The van der Waals surface area contributed by atoms with Crippen LogP contribution in [0.15, 0.2) is 30.5 Å². The van der Waals surface area contributed by atoms with Crippen molar-refractivity contribution in [3.8, 4) is 0 Å². The Hall–Kier alpha value is -2.50. The maximum atomic E-state index is 14.4. The zero-order valence-corrected chi connectivity index (χ0v) is 21.9. The lowest BCUT2D eigenvalue weighted by Gasteiger charge is -2.33. The zero-order chi connectivity index (χ0) is 28.0. The van der Waals surface area contributed by atoms with Gasteiger partial charge in [0.1, 0.15) is 17.8 Å². The number of alkyl halides is 5. The molecule has 0 bridgehead atoms. The summed E-state index contributed by atoms with van der Waals surface area (Å²) in [5, 5.41) is 0.771. The van der Waals surface area contributed by atoms with Crippen molar-refractivity contribution >= 4 is 40.7 Å². The van der Waals surface area contributed by atoms with E-state index in [0.29, 0.717) is 17.6 Å². The second kappa shape index (κ2) is 10.2. The van der Waals surface area contributed by atoms with Crippen molar-refractivity contribution in [2.24, 2.45) is 5.92 Å². The number of amides is 1. The molecule has 1 aromatic heterocycles. The first kappa shape index (κ1) is 28.5. The molecule has 6 nitrogen and oxygen atoms in total. The third-order valence-electron chi connectivity index (χ3n) is 6.83. The summed E-state index contributed by atoms with van der Waals surface area (Å²) in [4.78, 5) is 36.0. The molecule has 206 valence electrons. The highest BCUT2D eigenvalue weighted by molar-refractivity contribution is 6.34. The van der Waals surface area contributed by atoms with Crippen molar-refractivity contribution in [2.75, 3.05) is 31.1 Å². The van der Waals surface area contributed by atoms with E-state index in [1.54, 1.807) is 6.92 Å². The van der Waals surface area contributed by atoms with Crippen molar-refractivity contribution in [1.82, 2.24) is 10.0 Å². The van der Waals surface area contributed by atoms with Crippen LogP contribution < -0.4 is 4.90 Å². The summed E-state index contributed by atoms with van der Waals surface area (Å²) >= 11 is 12.0. The van der Waals surface area contributed by atoms with Gasteiger partial charge in [-0.05, 0) is 48.7 Å². The highest BCUT2D eigenvalue weighted by Gasteiger charge is 2.59. The van der Waals surface area contributed by atoms with Gasteiger partial charge in [0.2, 0.25) is 0 Å². The highest BCUT2D eigenvalue weighted by atomic mass is 35.5. The lowest BCUT2D eigenvalue weighted by atomic mass is 9.79. The van der Waals surface area contributed by atoms with Crippen molar-refractivity contribution in [3.05, 3.63) is 57.2 Å². The molecule has 13 heteroatoms. The van der Waals surface area contributed by atoms with Gasteiger partial charge in [-0.3, -0.25) is 14.4 Å². The van der Waals surface area contributed by atoms with Crippen molar-refractivity contribution < 1.29 is 36.4 Å². The van der Waals surface area contributed by atoms with Gasteiger partial charge in [-0.2, -0.15) is 13.2 Å². The lowest BCUT2D eigenvalue weighted by molar-refractivity contribution is -0.184. The van der Waals surface area contributed by atoms with E-state index < -0.39 is 48.2 Å². The van der Waals surface area contributed by atoms with E-state index in [0.717, 1.165) is 0 Å². The van der Waals surface area contributed by atoms with E-state index in [1.807, 2.05) is 0 Å². The molecule has 2 aromatic rings. The summed E-state index contributed by atoms with van der Waals surface area (Å²) in [7, 11) is 0. The first-order valence-corrected chi connectivity index (χ1v) is 12.5. The Morgan fingerprint density at radius 2 is 1.82 bits per heavy atom. The Kier molecular flexibility index (Phi) is 7.68. The number of rotatable bonds is 7. The van der Waals surface area contributed by atoms with Gasteiger partial charge in [0.15, 0.2) is 5.78 Å². The van der Waals surface area contributed by atoms with E-state index in [9.17, 15) is 31.5 Å². The van der Waals surface area contributed by atoms with E-state index in [2.05, 4.69) is 4.98 Å². The lowest BCUT2D eigenvalue weighted by Crippen LogP contribution is -2.45. The van der Waals surface area contributed by atoms with Gasteiger partial charge in [0.05, 0.1) is 12.5 Å². The van der Waals surface area contributed by atoms with Crippen LogP contribution in [0.25, 0.3) is 0 Å². The number of aromatic nitrogens is 1. The van der Waals surface area contributed by atoms with E-state index >= 15 is 0 Å². The molecule has 2 saturated heterocycles. The number of pyridine rings is 1. The number of nitrogens with zero attached hydrogens (tertiary/aromatic N) is 3. The molecule has 0 saturated carbocycles. The highest BCUT2D eigenvalue weighted by Crippen LogP contribution is 2.49. The Bertz CT molecular complexity index is 1230. The molecule has 0 aliphatic carbocycles. The third kappa shape index (κ3) is 5.74. The summed E-state index contributed by atoms with van der Waals surface area (Å²) in [5.74, 6) is -4.96. The summed E-state index contributed by atoms with van der Waals surface area (Å²) in [6, 6.07) is 5.41. The molecule has 0 radical (unpaired) electrons. The molecule has 2 unspecified atom stereocenters. The zero-order valence-electron chi connectivity index (χ0n) is 20.4. The van der Waals surface area contributed by atoms with Crippen molar-refractivity contribution in [1.29, 1.82) is 0 Å². The Morgan fingerprint density at radius 1 is 1.16 bits per heavy atom. The van der Waals surface area contributed by atoms with Gasteiger partial charge in [-0.15, -0.1) is 0 Å². The van der Waals surface area contributed by atoms with Crippen molar-refractivity contribution in [3.63, 3.8) is 0 Å². The predicted octanol–water partition coefficient (Wildman–Crippen LogP) is 6.03. The molecule has 2 aliphatic rings. The van der Waals surface area contributed by atoms with Gasteiger partial charge >= 0.3 is 6.18 Å². The number of ketones is 1. The number of carbonyl (C=O) groups is 2. The van der Waals surface area contributed by atoms with Crippen LogP contribution in [0.1, 0.15) is 41.3 Å². The quantitative estimate of drug-likeness (QED) is 0.296. The molecule has 38 heavy (non-hydrogen) atoms. The smallest absolute Gasteiger partial charge is 0.355 e. The number of hydroxylamine groups is 2. The molecular formula is C25H24Cl2F5N3O3. The molecule has 0 spiro atoms. The predicted molar refractivity (Wildman–Crippen MR) is 131 cm³/mol. The molecule has 2 atom stereocenters. The van der Waals surface area contributed by atoms with E-state index in [1.165, 1.54) is 35.4 Å². The average molecular weight is 580 g/mol. The maximum Gasteiger partial charge on any atom is 0.400 e. The minimum atomic E-state index is -4.59. The second-order valence-electron chi connectivity index (χ2n) is 9.83. The molecule has 4 rings (SSSR count). The number of aryl methyl sites for hydroxylation is 1. The monoisotopic (exact) mass is 579 g/mol. The van der Waals surface area contributed by atoms with E-state index in [4.69, 9.17) is 28.0 Å². The molecule has 1 amide bonds. The van der Waals surface area contributed by atoms with Crippen LogP contribution in [0, 0.1) is 12.8 Å². The number of hydrogen-bond acceptors (Lipinski definition) is 5. The fraction of sp³-hybridized carbons (Fsp3) is 0.480. The number of carbonyl (C=O) groups excluding carboxylic acids is 2. The number of Topliss-reactive ketones (excluding diaryl/α,β-unsaturated/α-hetero) is 1. The van der Waals surface area contributed by atoms with Crippen LogP contribution in [0.4, 0.5) is 27.8 Å². The van der Waals surface area contributed by atoms with Crippen LogP contribution in [-0.4, -0.2) is 60.1 Å². The molecule has 0 N–H and O–H groups in total. The standard InChI is InChI=1S/C25H24Cl2F5N3O3/c1-14-5-21(33-10-19(14)20(36)6-15-11-38-35(22(15)37)12-23(2,28)29)34-4-3-24(13-34,25(30,31)32)16-7-17(26)9-18(27)8-16/h5,7-10,15H,3-4,6,11-13H2,1-2H3. The normalized spacial score (nSPS) is 22.4. The first-order valence-electron chi connectivity index (χ1n) is 11.7. The molecule has 1 aromatic carbocycles. The van der Waals surface area contributed by atoms with Crippen molar-refractivity contribution in [2.45, 2.75) is 44.2 Å². The number of benzene rings is 1. The molecule has 3 heterocycles. The summed E-state index contributed by atoms with van der Waals surface area (Å²) in [6.45, 7) is 0.781. The topological polar surface area (TPSA) is 62.7 Å². The molecular weight excluding hydrogens is 556 g/mol. The Morgan fingerprint density at radius 3 is 2.39 bits per heavy atom. The van der Waals surface area contributed by atoms with Gasteiger partial charge < -0.3 is 4.90 Å². The number of halogens is 7. The van der Waals surface area contributed by atoms with Gasteiger partial charge in [-0.25, -0.2) is 18.8 Å². The summed E-state index contributed by atoms with van der Waals surface area (Å²) in [6.07, 6.45) is -3.85. The van der Waals surface area contributed by atoms with Crippen LogP contribution in [-0.2, 0) is 15.0 Å². The fourth-order valence-electron chi connectivity index (χ4n) is 4.85. The van der Waals surface area contributed by atoms with Gasteiger partial charge in [0.25, 0.3) is 11.8 Å². The minimum Gasteiger partial charge on any atom is -0.355 e. The Labute approximate surface area is 225 Å². The maximum absolute atomic E-state index is 14.4. The van der Waals surface area contributed by atoms with Crippen LogP contribution in [0.3, 0.4) is 0 Å². The van der Waals surface area contributed by atoms with Crippen LogP contribution in [0.5, 0.6) is 0 Å². The SMILES string of the molecule is Cc1cc(N2CCC(c3cc(Cl)cc(Cl)c3)(C(F)(F)F)C2)ncc1C(=O)CC1CON(CC(C)(F)F)C1=O. The molecule has 2 aliphatic heterocycles. The minimum absolute atomic E-state index is 0.0353. The largest absolute Gasteiger partial charge is 0.400 e. The molecule has 2 fully saturated rings. The Balaban J connectivity index is 1.50. The second-order valence-corrected chi connectivity index (χ2v) is 10.7.